The van der Waals surface area contributed by atoms with E-state index in [0.717, 1.165) is 18.5 Å². The highest BCUT2D eigenvalue weighted by molar-refractivity contribution is 5.96. The highest BCUT2D eigenvalue weighted by Gasteiger charge is 2.15. The van der Waals surface area contributed by atoms with Gasteiger partial charge in [-0.3, -0.25) is 14.6 Å². The first-order valence-corrected chi connectivity index (χ1v) is 4.15. The molecule has 1 heterocycles. The van der Waals surface area contributed by atoms with Crippen LogP contribution < -0.4 is 5.32 Å². The number of pyridine rings is 1. The number of halogens is 1. The number of hydrogen-bond donors (Lipinski definition) is 2. The van der Waals surface area contributed by atoms with Crippen molar-refractivity contribution in [1.29, 1.82) is 0 Å². The summed E-state index contributed by atoms with van der Waals surface area (Å²) in [4.78, 5) is 25.2. The van der Waals surface area contributed by atoms with Gasteiger partial charge in [0.25, 0.3) is 5.91 Å². The largest absolute Gasteiger partial charge is 0.480 e. The van der Waals surface area contributed by atoms with Crippen molar-refractivity contribution in [2.24, 2.45) is 0 Å². The van der Waals surface area contributed by atoms with E-state index in [-0.39, 0.29) is 5.56 Å². The summed E-state index contributed by atoms with van der Waals surface area (Å²) in [5.41, 5.74) is -0.0110. The monoisotopic (exact) mass is 212 g/mol. The van der Waals surface area contributed by atoms with Crippen molar-refractivity contribution in [3.8, 4) is 0 Å². The van der Waals surface area contributed by atoms with Crippen molar-refractivity contribution in [2.75, 3.05) is 0 Å². The number of aliphatic carboxylic acids is 1. The lowest BCUT2D eigenvalue weighted by Gasteiger charge is -2.08. The zero-order chi connectivity index (χ0) is 11.4. The zero-order valence-corrected chi connectivity index (χ0v) is 7.90. The summed E-state index contributed by atoms with van der Waals surface area (Å²) in [6, 6.07) is -0.0440. The van der Waals surface area contributed by atoms with Gasteiger partial charge in [0, 0.05) is 6.20 Å². The number of nitrogens with zero attached hydrogens (tertiary/aromatic N) is 1. The van der Waals surface area contributed by atoms with Crippen molar-refractivity contribution in [3.63, 3.8) is 0 Å². The molecule has 1 rings (SSSR count). The Labute approximate surface area is 84.9 Å². The maximum atomic E-state index is 12.7. The SMILES string of the molecule is C[C@@H](NC(=O)c1cncc(F)c1)C(=O)O. The molecule has 1 amide bonds. The lowest BCUT2D eigenvalue weighted by atomic mass is 10.2. The molecule has 0 aliphatic rings. The zero-order valence-electron chi connectivity index (χ0n) is 7.90. The van der Waals surface area contributed by atoms with E-state index in [4.69, 9.17) is 5.11 Å². The molecule has 15 heavy (non-hydrogen) atoms. The summed E-state index contributed by atoms with van der Waals surface area (Å²) in [5, 5.41) is 10.7. The molecule has 0 aromatic carbocycles. The van der Waals surface area contributed by atoms with Gasteiger partial charge in [0.05, 0.1) is 11.8 Å². The van der Waals surface area contributed by atoms with Crippen molar-refractivity contribution in [1.82, 2.24) is 10.3 Å². The second-order valence-electron chi connectivity index (χ2n) is 2.93. The summed E-state index contributed by atoms with van der Waals surface area (Å²) in [6.45, 7) is 1.31. The van der Waals surface area contributed by atoms with Gasteiger partial charge < -0.3 is 10.4 Å². The Morgan fingerprint density at radius 3 is 2.73 bits per heavy atom. The Kier molecular flexibility index (Phi) is 3.33. The van der Waals surface area contributed by atoms with Gasteiger partial charge in [-0.2, -0.15) is 0 Å². The summed E-state index contributed by atoms with van der Waals surface area (Å²) in [7, 11) is 0. The van der Waals surface area contributed by atoms with Gasteiger partial charge in [-0.25, -0.2) is 4.39 Å². The molecular weight excluding hydrogens is 203 g/mol. The molecule has 0 fully saturated rings. The molecule has 1 atom stereocenters. The standard InChI is InChI=1S/C9H9FN2O3/c1-5(9(14)15)12-8(13)6-2-7(10)4-11-3-6/h2-5H,1H3,(H,12,13)(H,14,15)/t5-/m1/s1. The molecule has 0 aliphatic carbocycles. The van der Waals surface area contributed by atoms with E-state index in [1.807, 2.05) is 0 Å². The normalized spacial score (nSPS) is 11.9. The Morgan fingerprint density at radius 1 is 1.53 bits per heavy atom. The molecule has 0 saturated carbocycles. The molecule has 0 radical (unpaired) electrons. The van der Waals surface area contributed by atoms with E-state index < -0.39 is 23.7 Å². The number of amides is 1. The Morgan fingerprint density at radius 2 is 2.20 bits per heavy atom. The fraction of sp³-hybridized carbons (Fsp3) is 0.222. The number of nitrogens with one attached hydrogen (secondary N) is 1. The van der Waals surface area contributed by atoms with E-state index >= 15 is 0 Å². The summed E-state index contributed by atoms with van der Waals surface area (Å²) >= 11 is 0. The van der Waals surface area contributed by atoms with Crippen molar-refractivity contribution in [3.05, 3.63) is 29.8 Å². The van der Waals surface area contributed by atoms with Crippen LogP contribution in [0.15, 0.2) is 18.5 Å². The number of aromatic nitrogens is 1. The third-order valence-corrected chi connectivity index (χ3v) is 1.69. The minimum atomic E-state index is -1.16. The fourth-order valence-electron chi connectivity index (χ4n) is 0.878. The highest BCUT2D eigenvalue weighted by Crippen LogP contribution is 2.00. The van der Waals surface area contributed by atoms with E-state index in [0.29, 0.717) is 0 Å². The second kappa shape index (κ2) is 4.50. The molecule has 6 heteroatoms. The lowest BCUT2D eigenvalue weighted by Crippen LogP contribution is -2.38. The van der Waals surface area contributed by atoms with E-state index in [1.54, 1.807) is 0 Å². The van der Waals surface area contributed by atoms with Gasteiger partial charge in [-0.1, -0.05) is 0 Å². The Balaban J connectivity index is 2.73. The first-order valence-electron chi connectivity index (χ1n) is 4.15. The Hall–Kier alpha value is -1.98. The predicted octanol–water partition coefficient (Wildman–Crippen LogP) is 0.424. The molecule has 0 unspecified atom stereocenters. The number of hydrogen-bond acceptors (Lipinski definition) is 3. The molecule has 1 aromatic heterocycles. The van der Waals surface area contributed by atoms with Gasteiger partial charge in [0.15, 0.2) is 0 Å². The number of carboxylic acid groups (broad SMARTS) is 1. The highest BCUT2D eigenvalue weighted by atomic mass is 19.1. The van der Waals surface area contributed by atoms with Crippen LogP contribution in [-0.2, 0) is 4.79 Å². The molecular formula is C9H9FN2O3. The van der Waals surface area contributed by atoms with Crippen LogP contribution in [0.5, 0.6) is 0 Å². The summed E-state index contributed by atoms with van der Waals surface area (Å²) in [5.74, 6) is -2.48. The van der Waals surface area contributed by atoms with E-state index in [1.165, 1.54) is 6.92 Å². The average Bonchev–Trinajstić information content (AvgIpc) is 2.17. The molecule has 0 aliphatic heterocycles. The number of carbonyl (C=O) groups excluding carboxylic acids is 1. The quantitative estimate of drug-likeness (QED) is 0.761. The average molecular weight is 212 g/mol. The Bertz CT molecular complexity index is 395. The topological polar surface area (TPSA) is 79.3 Å². The van der Waals surface area contributed by atoms with Crippen LogP contribution in [-0.4, -0.2) is 28.0 Å². The second-order valence-corrected chi connectivity index (χ2v) is 2.93. The van der Waals surface area contributed by atoms with Crippen LogP contribution in [0.25, 0.3) is 0 Å². The molecule has 5 nitrogen and oxygen atoms in total. The minimum absolute atomic E-state index is 0.0110. The molecule has 0 saturated heterocycles. The third kappa shape index (κ3) is 3.01. The fourth-order valence-corrected chi connectivity index (χ4v) is 0.878. The molecule has 2 N–H and O–H groups in total. The maximum Gasteiger partial charge on any atom is 0.325 e. The van der Waals surface area contributed by atoms with Crippen LogP contribution in [0.2, 0.25) is 0 Å². The van der Waals surface area contributed by atoms with Gasteiger partial charge >= 0.3 is 5.97 Å². The van der Waals surface area contributed by atoms with Gasteiger partial charge in [0.1, 0.15) is 11.9 Å². The molecule has 1 aromatic rings. The van der Waals surface area contributed by atoms with Crippen LogP contribution >= 0.6 is 0 Å². The lowest BCUT2D eigenvalue weighted by molar-refractivity contribution is -0.138. The van der Waals surface area contributed by atoms with Gasteiger partial charge in [0.2, 0.25) is 0 Å². The van der Waals surface area contributed by atoms with Crippen LogP contribution in [0.3, 0.4) is 0 Å². The number of carbonyl (C=O) groups is 2. The molecule has 80 valence electrons. The molecule has 0 bridgehead atoms. The minimum Gasteiger partial charge on any atom is -0.480 e. The maximum absolute atomic E-state index is 12.7. The van der Waals surface area contributed by atoms with Crippen molar-refractivity contribution in [2.45, 2.75) is 13.0 Å². The van der Waals surface area contributed by atoms with Gasteiger partial charge in [-0.05, 0) is 13.0 Å². The predicted molar refractivity (Wildman–Crippen MR) is 48.8 cm³/mol. The third-order valence-electron chi connectivity index (χ3n) is 1.69. The van der Waals surface area contributed by atoms with E-state index in [9.17, 15) is 14.0 Å². The van der Waals surface area contributed by atoms with Crippen LogP contribution in [0.1, 0.15) is 17.3 Å². The summed E-state index contributed by atoms with van der Waals surface area (Å²) < 4.78 is 12.7. The van der Waals surface area contributed by atoms with Crippen molar-refractivity contribution >= 4 is 11.9 Å². The van der Waals surface area contributed by atoms with Gasteiger partial charge in [-0.15, -0.1) is 0 Å². The number of carboxylic acids is 1. The van der Waals surface area contributed by atoms with Crippen LogP contribution in [0.4, 0.5) is 4.39 Å². The first-order chi connectivity index (χ1) is 7.00. The molecule has 0 spiro atoms. The van der Waals surface area contributed by atoms with Crippen LogP contribution in [0, 0.1) is 5.82 Å². The van der Waals surface area contributed by atoms with E-state index in [2.05, 4.69) is 10.3 Å². The first kappa shape index (κ1) is 11.1. The summed E-state index contributed by atoms with van der Waals surface area (Å²) in [6.07, 6.45) is 2.12. The van der Waals surface area contributed by atoms with Crippen molar-refractivity contribution < 1.29 is 19.1 Å². The smallest absolute Gasteiger partial charge is 0.325 e. The number of rotatable bonds is 3.